The molecule has 1 aromatic carbocycles. The number of nitriles is 1. The van der Waals surface area contributed by atoms with Crippen molar-refractivity contribution < 1.29 is 0 Å². The first-order chi connectivity index (χ1) is 8.08. The highest BCUT2D eigenvalue weighted by Gasteiger charge is 2.06. The van der Waals surface area contributed by atoms with Gasteiger partial charge in [-0.3, -0.25) is 0 Å². The highest BCUT2D eigenvalue weighted by molar-refractivity contribution is 8.02. The van der Waals surface area contributed by atoms with Gasteiger partial charge in [0.15, 0.2) is 0 Å². The van der Waals surface area contributed by atoms with Crippen LogP contribution in [0.2, 0.25) is 10.0 Å². The third kappa shape index (κ3) is 4.27. The van der Waals surface area contributed by atoms with Crippen LogP contribution in [-0.2, 0) is 6.42 Å². The van der Waals surface area contributed by atoms with Crippen LogP contribution in [0, 0.1) is 18.3 Å². The Bertz CT molecular complexity index is 452. The van der Waals surface area contributed by atoms with Crippen LogP contribution in [0.5, 0.6) is 0 Å². The molecule has 4 heteroatoms. The molecular weight excluding hydrogens is 273 g/mol. The van der Waals surface area contributed by atoms with Gasteiger partial charge >= 0.3 is 0 Å². The van der Waals surface area contributed by atoms with Gasteiger partial charge in [0.1, 0.15) is 0 Å². The zero-order valence-electron chi connectivity index (χ0n) is 9.76. The first-order valence-corrected chi connectivity index (χ1v) is 7.11. The summed E-state index contributed by atoms with van der Waals surface area (Å²) in [5.74, 6) is 0. The predicted molar refractivity (Wildman–Crippen MR) is 76.7 cm³/mol. The molecule has 0 heterocycles. The second-order valence-corrected chi connectivity index (χ2v) is 5.34. The fourth-order valence-corrected chi connectivity index (χ4v) is 2.45. The summed E-state index contributed by atoms with van der Waals surface area (Å²) in [6.07, 6.45) is 5.19. The Labute approximate surface area is 116 Å². The summed E-state index contributed by atoms with van der Waals surface area (Å²) in [4.78, 5) is 1.17. The molecule has 0 aliphatic heterocycles. The molecule has 0 saturated carbocycles. The Morgan fingerprint density at radius 1 is 1.47 bits per heavy atom. The number of allylic oxidation sites excluding steroid dienone is 2. The number of halogens is 2. The Hall–Kier alpha value is -0.620. The highest BCUT2D eigenvalue weighted by Crippen LogP contribution is 2.29. The largest absolute Gasteiger partial charge is 0.198 e. The van der Waals surface area contributed by atoms with Crippen LogP contribution in [0.4, 0.5) is 0 Å². The van der Waals surface area contributed by atoms with Crippen molar-refractivity contribution >= 4 is 35.0 Å². The fourth-order valence-electron chi connectivity index (χ4n) is 1.49. The maximum absolute atomic E-state index is 8.56. The van der Waals surface area contributed by atoms with Gasteiger partial charge in [0.2, 0.25) is 0 Å². The molecule has 0 radical (unpaired) electrons. The number of nitrogens with zero attached hydrogens (tertiary/aromatic N) is 1. The van der Waals surface area contributed by atoms with E-state index in [2.05, 4.69) is 6.07 Å². The second-order valence-electron chi connectivity index (χ2n) is 3.62. The number of rotatable bonds is 4. The van der Waals surface area contributed by atoms with Gasteiger partial charge in [0.25, 0.3) is 0 Å². The standard InChI is InChI=1S/C13H13Cl2NS/c1-9-6-10(8-12(14)13(9)15)7-11(17-2)4-3-5-16/h4,6,8H,3,7H2,1-2H3. The summed E-state index contributed by atoms with van der Waals surface area (Å²) in [7, 11) is 0. The van der Waals surface area contributed by atoms with Crippen LogP contribution < -0.4 is 0 Å². The van der Waals surface area contributed by atoms with E-state index in [4.69, 9.17) is 28.5 Å². The molecule has 90 valence electrons. The van der Waals surface area contributed by atoms with Crippen molar-refractivity contribution in [3.63, 3.8) is 0 Å². The van der Waals surface area contributed by atoms with E-state index in [9.17, 15) is 0 Å². The van der Waals surface area contributed by atoms with Crippen molar-refractivity contribution in [2.45, 2.75) is 19.8 Å². The van der Waals surface area contributed by atoms with Gasteiger partial charge in [-0.2, -0.15) is 5.26 Å². The molecule has 1 rings (SSSR count). The lowest BCUT2D eigenvalue weighted by atomic mass is 10.1. The minimum Gasteiger partial charge on any atom is -0.198 e. The monoisotopic (exact) mass is 285 g/mol. The van der Waals surface area contributed by atoms with E-state index >= 15 is 0 Å². The molecule has 0 bridgehead atoms. The topological polar surface area (TPSA) is 23.8 Å². The normalized spacial score (nSPS) is 11.4. The van der Waals surface area contributed by atoms with Crippen LogP contribution in [-0.4, -0.2) is 6.26 Å². The lowest BCUT2D eigenvalue weighted by Gasteiger charge is -2.08. The van der Waals surface area contributed by atoms with E-state index in [-0.39, 0.29) is 0 Å². The van der Waals surface area contributed by atoms with Gasteiger partial charge in [-0.25, -0.2) is 0 Å². The van der Waals surface area contributed by atoms with Crippen LogP contribution in [0.25, 0.3) is 0 Å². The van der Waals surface area contributed by atoms with Crippen molar-refractivity contribution in [1.82, 2.24) is 0 Å². The van der Waals surface area contributed by atoms with Crippen molar-refractivity contribution in [2.24, 2.45) is 0 Å². The lowest BCUT2D eigenvalue weighted by Crippen LogP contribution is -1.90. The first-order valence-electron chi connectivity index (χ1n) is 5.13. The number of thioether (sulfide) groups is 1. The molecule has 17 heavy (non-hydrogen) atoms. The van der Waals surface area contributed by atoms with E-state index in [1.807, 2.05) is 31.4 Å². The zero-order valence-corrected chi connectivity index (χ0v) is 12.1. The molecule has 0 aromatic heterocycles. The Morgan fingerprint density at radius 3 is 2.71 bits per heavy atom. The average molecular weight is 286 g/mol. The maximum Gasteiger partial charge on any atom is 0.0663 e. The summed E-state index contributed by atoms with van der Waals surface area (Å²) in [5, 5.41) is 9.76. The quantitative estimate of drug-likeness (QED) is 0.777. The van der Waals surface area contributed by atoms with Crippen molar-refractivity contribution in [3.05, 3.63) is 44.3 Å². The Balaban J connectivity index is 2.92. The average Bonchev–Trinajstić information content (AvgIpc) is 2.31. The van der Waals surface area contributed by atoms with Crippen LogP contribution in [0.15, 0.2) is 23.1 Å². The Kier molecular flexibility index (Phi) is 5.91. The minimum absolute atomic E-state index is 0.441. The number of hydrogen-bond acceptors (Lipinski definition) is 2. The van der Waals surface area contributed by atoms with Crippen LogP contribution >= 0.6 is 35.0 Å². The van der Waals surface area contributed by atoms with Gasteiger partial charge in [-0.1, -0.05) is 35.3 Å². The van der Waals surface area contributed by atoms with Crippen LogP contribution in [0.3, 0.4) is 0 Å². The highest BCUT2D eigenvalue weighted by atomic mass is 35.5. The van der Waals surface area contributed by atoms with Crippen LogP contribution in [0.1, 0.15) is 17.5 Å². The third-order valence-corrected chi connectivity index (χ3v) is 4.06. The lowest BCUT2D eigenvalue weighted by molar-refractivity contribution is 1.20. The molecule has 0 amide bonds. The van der Waals surface area contributed by atoms with Crippen molar-refractivity contribution in [3.8, 4) is 6.07 Å². The number of hydrogen-bond donors (Lipinski definition) is 0. The molecule has 0 spiro atoms. The molecule has 0 aliphatic carbocycles. The molecule has 0 N–H and O–H groups in total. The smallest absolute Gasteiger partial charge is 0.0663 e. The molecule has 0 atom stereocenters. The van der Waals surface area contributed by atoms with Gasteiger partial charge in [-0.15, -0.1) is 11.8 Å². The molecule has 0 fully saturated rings. The number of benzene rings is 1. The first kappa shape index (κ1) is 14.4. The summed E-state index contributed by atoms with van der Waals surface area (Å²) in [6.45, 7) is 1.94. The van der Waals surface area contributed by atoms with Gasteiger partial charge in [-0.05, 0) is 35.3 Å². The molecule has 1 nitrogen and oxygen atoms in total. The van der Waals surface area contributed by atoms with E-state index in [0.717, 1.165) is 17.5 Å². The molecule has 1 aromatic rings. The van der Waals surface area contributed by atoms with E-state index < -0.39 is 0 Å². The van der Waals surface area contributed by atoms with E-state index in [1.165, 1.54) is 4.91 Å². The van der Waals surface area contributed by atoms with Gasteiger partial charge < -0.3 is 0 Å². The molecular formula is C13H13Cl2NS. The zero-order chi connectivity index (χ0) is 12.8. The van der Waals surface area contributed by atoms with Crippen molar-refractivity contribution in [2.75, 3.05) is 6.26 Å². The maximum atomic E-state index is 8.56. The minimum atomic E-state index is 0.441. The second kappa shape index (κ2) is 6.96. The fraction of sp³-hybridized carbons (Fsp3) is 0.308. The van der Waals surface area contributed by atoms with Gasteiger partial charge in [0.05, 0.1) is 22.5 Å². The Morgan fingerprint density at radius 2 is 2.18 bits per heavy atom. The summed E-state index contributed by atoms with van der Waals surface area (Å²) in [6, 6.07) is 6.03. The van der Waals surface area contributed by atoms with E-state index in [1.54, 1.807) is 11.8 Å². The van der Waals surface area contributed by atoms with E-state index in [0.29, 0.717) is 16.5 Å². The van der Waals surface area contributed by atoms with Crippen molar-refractivity contribution in [1.29, 1.82) is 5.26 Å². The summed E-state index contributed by atoms with van der Waals surface area (Å²) < 4.78 is 0. The number of aryl methyl sites for hydroxylation is 1. The third-order valence-electron chi connectivity index (χ3n) is 2.33. The SMILES string of the molecule is CSC(=CCC#N)Cc1cc(C)c(Cl)c(Cl)c1. The van der Waals surface area contributed by atoms with Gasteiger partial charge in [0, 0.05) is 6.42 Å². The predicted octanol–water partition coefficient (Wildman–Crippen LogP) is 5.00. The molecule has 0 saturated heterocycles. The summed E-state index contributed by atoms with van der Waals surface area (Å²) >= 11 is 13.7. The summed E-state index contributed by atoms with van der Waals surface area (Å²) in [5.41, 5.74) is 2.10. The molecule has 0 unspecified atom stereocenters. The molecule has 0 aliphatic rings.